The van der Waals surface area contributed by atoms with Crippen LogP contribution in [-0.2, 0) is 6.54 Å². The summed E-state index contributed by atoms with van der Waals surface area (Å²) in [4.78, 5) is 15.8. The van der Waals surface area contributed by atoms with Crippen molar-refractivity contribution in [1.29, 1.82) is 0 Å². The maximum Gasteiger partial charge on any atom is 0.319 e. The molecule has 0 saturated heterocycles. The number of benzene rings is 2. The number of hydrogen-bond acceptors (Lipinski definition) is 2. The topological polar surface area (TPSA) is 54.0 Å². The van der Waals surface area contributed by atoms with E-state index >= 15 is 0 Å². The van der Waals surface area contributed by atoms with E-state index in [1.54, 1.807) is 0 Å². The average Bonchev–Trinajstić information content (AvgIpc) is 2.52. The highest BCUT2D eigenvalue weighted by Crippen LogP contribution is 2.19. The zero-order chi connectivity index (χ0) is 16.2. The fraction of sp³-hybridized carbons (Fsp3) is 0.0588. The number of nitrogens with zero attached hydrogens (tertiary/aromatic N) is 1. The van der Waals surface area contributed by atoms with Crippen molar-refractivity contribution in [3.8, 4) is 0 Å². The number of pyridine rings is 1. The van der Waals surface area contributed by atoms with Crippen LogP contribution in [0.3, 0.4) is 0 Å². The summed E-state index contributed by atoms with van der Waals surface area (Å²) in [6.07, 6.45) is 0. The van der Waals surface area contributed by atoms with Gasteiger partial charge in [0.25, 0.3) is 0 Å². The molecular weight excluding hydrogens is 333 g/mol. The highest BCUT2D eigenvalue weighted by atomic mass is 35.5. The van der Waals surface area contributed by atoms with E-state index in [0.29, 0.717) is 12.2 Å². The molecule has 23 heavy (non-hydrogen) atoms. The van der Waals surface area contributed by atoms with Gasteiger partial charge in [0, 0.05) is 12.2 Å². The monoisotopic (exact) mass is 345 g/mol. The van der Waals surface area contributed by atoms with E-state index in [1.165, 1.54) is 12.1 Å². The molecule has 0 spiro atoms. The molecule has 0 atom stereocenters. The largest absolute Gasteiger partial charge is 0.334 e. The van der Waals surface area contributed by atoms with Gasteiger partial charge in [0.05, 0.1) is 0 Å². The Labute approximate surface area is 143 Å². The first-order chi connectivity index (χ1) is 11.1. The molecule has 0 saturated carbocycles. The Kier molecular flexibility index (Phi) is 4.65. The molecule has 0 radical (unpaired) electrons. The lowest BCUT2D eigenvalue weighted by molar-refractivity contribution is 0.252. The van der Waals surface area contributed by atoms with Crippen molar-refractivity contribution in [2.45, 2.75) is 6.54 Å². The Morgan fingerprint density at radius 3 is 2.48 bits per heavy atom. The van der Waals surface area contributed by atoms with Gasteiger partial charge in [0.15, 0.2) is 0 Å². The van der Waals surface area contributed by atoms with Crippen molar-refractivity contribution >= 4 is 45.7 Å². The first-order valence-electron chi connectivity index (χ1n) is 6.96. The standard InChI is InChI=1S/C17H13Cl2N3O/c18-15-8-13(9-16(19)22-15)21-17(23)20-10-12-6-3-5-11-4-1-2-7-14(11)12/h1-9H,10H2,(H2,20,21,22,23). The maximum absolute atomic E-state index is 12.0. The van der Waals surface area contributed by atoms with Crippen molar-refractivity contribution in [1.82, 2.24) is 10.3 Å². The minimum absolute atomic E-state index is 0.224. The van der Waals surface area contributed by atoms with Gasteiger partial charge in [-0.25, -0.2) is 9.78 Å². The fourth-order valence-electron chi connectivity index (χ4n) is 2.33. The smallest absolute Gasteiger partial charge is 0.319 e. The zero-order valence-corrected chi connectivity index (χ0v) is 13.5. The molecule has 0 aliphatic heterocycles. The molecule has 3 aromatic rings. The van der Waals surface area contributed by atoms with Crippen LogP contribution in [0.25, 0.3) is 10.8 Å². The number of fused-ring (bicyclic) bond motifs is 1. The number of aromatic nitrogens is 1. The predicted octanol–water partition coefficient (Wildman–Crippen LogP) is 4.86. The van der Waals surface area contributed by atoms with Crippen LogP contribution >= 0.6 is 23.2 Å². The highest BCUT2D eigenvalue weighted by Gasteiger charge is 2.06. The number of hydrogen-bond donors (Lipinski definition) is 2. The van der Waals surface area contributed by atoms with E-state index < -0.39 is 0 Å². The third-order valence-electron chi connectivity index (χ3n) is 3.34. The molecule has 0 aliphatic carbocycles. The molecule has 4 nitrogen and oxygen atoms in total. The van der Waals surface area contributed by atoms with E-state index in [9.17, 15) is 4.79 Å². The van der Waals surface area contributed by atoms with Crippen LogP contribution in [0.1, 0.15) is 5.56 Å². The third-order valence-corrected chi connectivity index (χ3v) is 3.73. The Hall–Kier alpha value is -2.30. The summed E-state index contributed by atoms with van der Waals surface area (Å²) in [5.74, 6) is 0. The van der Waals surface area contributed by atoms with Crippen LogP contribution in [0.15, 0.2) is 54.6 Å². The number of carbonyl (C=O) groups is 1. The van der Waals surface area contributed by atoms with Gasteiger partial charge in [-0.2, -0.15) is 0 Å². The summed E-state index contributed by atoms with van der Waals surface area (Å²) in [6, 6.07) is 16.8. The third kappa shape index (κ3) is 3.92. The van der Waals surface area contributed by atoms with Gasteiger partial charge >= 0.3 is 6.03 Å². The number of amides is 2. The molecular formula is C17H13Cl2N3O. The van der Waals surface area contributed by atoms with Gasteiger partial charge in [-0.05, 0) is 28.5 Å². The number of rotatable bonds is 3. The first-order valence-corrected chi connectivity index (χ1v) is 7.72. The van der Waals surface area contributed by atoms with Gasteiger partial charge in [0.1, 0.15) is 10.3 Å². The van der Waals surface area contributed by atoms with Crippen molar-refractivity contribution in [2.24, 2.45) is 0 Å². The summed E-state index contributed by atoms with van der Waals surface area (Å²) in [7, 11) is 0. The second-order valence-corrected chi connectivity index (χ2v) is 5.72. The Balaban J connectivity index is 1.68. The SMILES string of the molecule is O=C(NCc1cccc2ccccc12)Nc1cc(Cl)nc(Cl)c1. The number of anilines is 1. The van der Waals surface area contributed by atoms with Gasteiger partial charge in [-0.3, -0.25) is 0 Å². The van der Waals surface area contributed by atoms with Crippen molar-refractivity contribution in [3.63, 3.8) is 0 Å². The molecule has 0 fully saturated rings. The lowest BCUT2D eigenvalue weighted by Crippen LogP contribution is -2.28. The summed E-state index contributed by atoms with van der Waals surface area (Å²) >= 11 is 11.6. The number of carbonyl (C=O) groups excluding carboxylic acids is 1. The summed E-state index contributed by atoms with van der Waals surface area (Å²) in [6.45, 7) is 0.416. The average molecular weight is 346 g/mol. The van der Waals surface area contributed by atoms with E-state index in [1.807, 2.05) is 42.5 Å². The lowest BCUT2D eigenvalue weighted by Gasteiger charge is -2.10. The predicted molar refractivity (Wildman–Crippen MR) is 94.1 cm³/mol. The number of halogens is 2. The molecule has 2 amide bonds. The Bertz CT molecular complexity index is 842. The second-order valence-electron chi connectivity index (χ2n) is 4.95. The van der Waals surface area contributed by atoms with Crippen LogP contribution in [0, 0.1) is 0 Å². The molecule has 2 N–H and O–H groups in total. The molecule has 1 heterocycles. The first kappa shape index (κ1) is 15.6. The van der Waals surface area contributed by atoms with Crippen LogP contribution < -0.4 is 10.6 Å². The van der Waals surface area contributed by atoms with Gasteiger partial charge < -0.3 is 10.6 Å². The van der Waals surface area contributed by atoms with E-state index in [0.717, 1.165) is 16.3 Å². The van der Waals surface area contributed by atoms with Crippen molar-refractivity contribution in [2.75, 3.05) is 5.32 Å². The number of nitrogens with one attached hydrogen (secondary N) is 2. The van der Waals surface area contributed by atoms with Gasteiger partial charge in [-0.15, -0.1) is 0 Å². The summed E-state index contributed by atoms with van der Waals surface area (Å²) in [5, 5.41) is 8.21. The molecule has 0 bridgehead atoms. The zero-order valence-electron chi connectivity index (χ0n) is 12.0. The molecule has 116 valence electrons. The minimum Gasteiger partial charge on any atom is -0.334 e. The molecule has 3 rings (SSSR count). The molecule has 1 aromatic heterocycles. The highest BCUT2D eigenvalue weighted by molar-refractivity contribution is 6.32. The van der Waals surface area contributed by atoms with Gasteiger partial charge in [-0.1, -0.05) is 65.7 Å². The summed E-state index contributed by atoms with van der Waals surface area (Å²) < 4.78 is 0. The normalized spacial score (nSPS) is 10.5. The Morgan fingerprint density at radius 2 is 1.70 bits per heavy atom. The quantitative estimate of drug-likeness (QED) is 0.665. The van der Waals surface area contributed by atoms with Crippen LogP contribution in [0.4, 0.5) is 10.5 Å². The molecule has 2 aromatic carbocycles. The second kappa shape index (κ2) is 6.86. The molecule has 0 unspecified atom stereocenters. The fourth-order valence-corrected chi connectivity index (χ4v) is 2.79. The molecule has 6 heteroatoms. The maximum atomic E-state index is 12.0. The molecule has 0 aliphatic rings. The van der Waals surface area contributed by atoms with Crippen LogP contribution in [-0.4, -0.2) is 11.0 Å². The van der Waals surface area contributed by atoms with Crippen LogP contribution in [0.2, 0.25) is 10.3 Å². The van der Waals surface area contributed by atoms with Crippen molar-refractivity contribution in [3.05, 3.63) is 70.5 Å². The lowest BCUT2D eigenvalue weighted by atomic mass is 10.0. The van der Waals surface area contributed by atoms with E-state index in [2.05, 4.69) is 15.6 Å². The number of urea groups is 1. The van der Waals surface area contributed by atoms with E-state index in [4.69, 9.17) is 23.2 Å². The Morgan fingerprint density at radius 1 is 1.00 bits per heavy atom. The minimum atomic E-state index is -0.337. The van der Waals surface area contributed by atoms with E-state index in [-0.39, 0.29) is 16.3 Å². The van der Waals surface area contributed by atoms with Crippen LogP contribution in [0.5, 0.6) is 0 Å². The summed E-state index contributed by atoms with van der Waals surface area (Å²) in [5.41, 5.74) is 1.54. The van der Waals surface area contributed by atoms with Crippen molar-refractivity contribution < 1.29 is 4.79 Å². The van der Waals surface area contributed by atoms with Gasteiger partial charge in [0.2, 0.25) is 0 Å².